The first-order valence-electron chi connectivity index (χ1n) is 11.9. The Labute approximate surface area is 185 Å². The number of hydrogen-bond donors (Lipinski definition) is 2. The van der Waals surface area contributed by atoms with Crippen molar-refractivity contribution in [2.75, 3.05) is 6.54 Å². The largest absolute Gasteiger partial charge is 0.458 e. The van der Waals surface area contributed by atoms with E-state index in [0.717, 1.165) is 56.2 Å². The lowest BCUT2D eigenvalue weighted by Crippen LogP contribution is -2.46. The summed E-state index contributed by atoms with van der Waals surface area (Å²) in [6, 6.07) is 16.6. The second kappa shape index (κ2) is 8.40. The summed E-state index contributed by atoms with van der Waals surface area (Å²) in [5.74, 6) is -0.156. The molecule has 1 saturated heterocycles. The molecule has 0 aromatic heterocycles. The molecule has 2 aliphatic carbocycles. The standard InChI is InChI=1S/C27H33NO3/c1-18-7-6-8-19(15-18)16-20-9-2-5-12-23(20)27(30,22-10-3-4-11-22)26(29)31-25-21-13-14-24(25)28-17-21/h2,5-9,12,15,21-22,24-25,28,30H,3-4,10-11,13-14,16-17H2,1H3/t21?,24-,25?,27?/m0/s1. The maximum absolute atomic E-state index is 13.7. The fourth-order valence-electron chi connectivity index (χ4n) is 6.11. The molecule has 31 heavy (non-hydrogen) atoms. The smallest absolute Gasteiger partial charge is 0.343 e. The lowest BCUT2D eigenvalue weighted by molar-refractivity contribution is -0.180. The van der Waals surface area contributed by atoms with Crippen molar-refractivity contribution in [2.45, 2.75) is 69.6 Å². The van der Waals surface area contributed by atoms with Crippen LogP contribution in [0.2, 0.25) is 0 Å². The number of piperidine rings is 1. The Morgan fingerprint density at radius 2 is 1.90 bits per heavy atom. The molecule has 0 radical (unpaired) electrons. The fraction of sp³-hybridized carbons (Fsp3) is 0.519. The minimum Gasteiger partial charge on any atom is -0.458 e. The SMILES string of the molecule is Cc1cccc(Cc2ccccc2C(O)(C(=O)OC2C3CC[C@@H]2NC3)C2CCCC2)c1. The average molecular weight is 420 g/mol. The summed E-state index contributed by atoms with van der Waals surface area (Å²) in [4.78, 5) is 13.7. The number of ether oxygens (including phenoxy) is 1. The molecule has 0 spiro atoms. The van der Waals surface area contributed by atoms with Gasteiger partial charge in [-0.05, 0) is 55.7 Å². The summed E-state index contributed by atoms with van der Waals surface area (Å²) in [6.07, 6.45) is 6.56. The predicted octanol–water partition coefficient (Wildman–Crippen LogP) is 4.26. The third-order valence-electron chi connectivity index (χ3n) is 7.76. The number of carbonyl (C=O) groups excluding carboxylic acids is 1. The van der Waals surface area contributed by atoms with E-state index in [2.05, 4.69) is 36.5 Å². The van der Waals surface area contributed by atoms with Crippen LogP contribution in [0.15, 0.2) is 48.5 Å². The van der Waals surface area contributed by atoms with E-state index in [0.29, 0.717) is 12.3 Å². The van der Waals surface area contributed by atoms with E-state index >= 15 is 0 Å². The molecule has 4 atom stereocenters. The Hall–Kier alpha value is -2.17. The monoisotopic (exact) mass is 419 g/mol. The van der Waals surface area contributed by atoms with Gasteiger partial charge >= 0.3 is 5.97 Å². The highest BCUT2D eigenvalue weighted by Gasteiger charge is 2.52. The van der Waals surface area contributed by atoms with Gasteiger partial charge in [0.15, 0.2) is 5.60 Å². The lowest BCUT2D eigenvalue weighted by atomic mass is 9.77. The van der Waals surface area contributed by atoms with Crippen LogP contribution in [0, 0.1) is 18.8 Å². The molecular weight excluding hydrogens is 386 g/mol. The third-order valence-corrected chi connectivity index (χ3v) is 7.76. The molecule has 2 aromatic rings. The zero-order chi connectivity index (χ0) is 21.4. The van der Waals surface area contributed by atoms with Gasteiger partial charge in [0.05, 0.1) is 0 Å². The van der Waals surface area contributed by atoms with Gasteiger partial charge in [0.1, 0.15) is 6.10 Å². The molecule has 2 bridgehead atoms. The van der Waals surface area contributed by atoms with E-state index in [1.807, 2.05) is 24.3 Å². The molecule has 5 rings (SSSR count). The van der Waals surface area contributed by atoms with Crippen LogP contribution >= 0.6 is 0 Å². The van der Waals surface area contributed by atoms with E-state index in [4.69, 9.17) is 4.74 Å². The van der Waals surface area contributed by atoms with Crippen LogP contribution in [-0.2, 0) is 21.6 Å². The second-order valence-corrected chi connectivity index (χ2v) is 9.79. The zero-order valence-electron chi connectivity index (χ0n) is 18.3. The normalized spacial score (nSPS) is 27.4. The Balaban J connectivity index is 1.49. The Morgan fingerprint density at radius 3 is 2.58 bits per heavy atom. The molecule has 164 valence electrons. The van der Waals surface area contributed by atoms with Crippen LogP contribution < -0.4 is 5.32 Å². The molecule has 3 fully saturated rings. The first-order chi connectivity index (χ1) is 15.1. The molecule has 1 aliphatic heterocycles. The number of benzene rings is 2. The van der Waals surface area contributed by atoms with Crippen molar-refractivity contribution in [1.82, 2.24) is 5.32 Å². The first-order valence-corrected chi connectivity index (χ1v) is 11.9. The third kappa shape index (κ3) is 3.81. The fourth-order valence-corrected chi connectivity index (χ4v) is 6.11. The van der Waals surface area contributed by atoms with Crippen molar-refractivity contribution < 1.29 is 14.6 Å². The van der Waals surface area contributed by atoms with Crippen LogP contribution in [0.5, 0.6) is 0 Å². The van der Waals surface area contributed by atoms with E-state index in [9.17, 15) is 9.90 Å². The van der Waals surface area contributed by atoms with Crippen molar-refractivity contribution in [3.63, 3.8) is 0 Å². The number of hydrogen-bond acceptors (Lipinski definition) is 4. The average Bonchev–Trinajstić information content (AvgIpc) is 3.52. The minimum atomic E-state index is -1.58. The Morgan fingerprint density at radius 1 is 1.10 bits per heavy atom. The van der Waals surface area contributed by atoms with Gasteiger partial charge in [0, 0.05) is 24.4 Å². The molecule has 3 unspecified atom stereocenters. The summed E-state index contributed by atoms with van der Waals surface area (Å²) in [5.41, 5.74) is 2.55. The highest BCUT2D eigenvalue weighted by molar-refractivity contribution is 5.82. The van der Waals surface area contributed by atoms with Crippen molar-refractivity contribution in [3.8, 4) is 0 Å². The van der Waals surface area contributed by atoms with Gasteiger partial charge in [-0.3, -0.25) is 0 Å². The Bertz CT molecular complexity index is 931. The van der Waals surface area contributed by atoms with E-state index < -0.39 is 11.6 Å². The zero-order valence-corrected chi connectivity index (χ0v) is 18.3. The molecule has 4 heteroatoms. The molecule has 3 aliphatic rings. The highest BCUT2D eigenvalue weighted by atomic mass is 16.6. The van der Waals surface area contributed by atoms with Crippen molar-refractivity contribution in [2.24, 2.45) is 11.8 Å². The van der Waals surface area contributed by atoms with Gasteiger partial charge in [-0.15, -0.1) is 0 Å². The van der Waals surface area contributed by atoms with Gasteiger partial charge in [0.25, 0.3) is 0 Å². The highest BCUT2D eigenvalue weighted by Crippen LogP contribution is 2.44. The summed E-state index contributed by atoms with van der Waals surface area (Å²) in [7, 11) is 0. The molecule has 4 nitrogen and oxygen atoms in total. The Kier molecular flexibility index (Phi) is 5.61. The quantitative estimate of drug-likeness (QED) is 0.687. The summed E-state index contributed by atoms with van der Waals surface area (Å²) in [5, 5.41) is 15.6. The molecular formula is C27H33NO3. The number of nitrogens with one attached hydrogen (secondary N) is 1. The number of rotatable bonds is 6. The van der Waals surface area contributed by atoms with Crippen molar-refractivity contribution in [3.05, 3.63) is 70.8 Å². The van der Waals surface area contributed by atoms with Crippen LogP contribution in [0.25, 0.3) is 0 Å². The van der Waals surface area contributed by atoms with E-state index in [1.54, 1.807) is 0 Å². The molecule has 1 heterocycles. The number of fused-ring (bicyclic) bond motifs is 2. The van der Waals surface area contributed by atoms with Crippen LogP contribution in [0.4, 0.5) is 0 Å². The van der Waals surface area contributed by atoms with Crippen molar-refractivity contribution in [1.29, 1.82) is 0 Å². The van der Waals surface area contributed by atoms with Crippen molar-refractivity contribution >= 4 is 5.97 Å². The van der Waals surface area contributed by atoms with Crippen LogP contribution in [-0.4, -0.2) is 29.8 Å². The maximum atomic E-state index is 13.7. The maximum Gasteiger partial charge on any atom is 0.343 e. The van der Waals surface area contributed by atoms with Gasteiger partial charge in [-0.25, -0.2) is 4.79 Å². The number of aryl methyl sites for hydroxylation is 1. The van der Waals surface area contributed by atoms with E-state index in [1.165, 1.54) is 11.1 Å². The van der Waals surface area contributed by atoms with Crippen LogP contribution in [0.3, 0.4) is 0 Å². The second-order valence-electron chi connectivity index (χ2n) is 9.79. The first kappa shape index (κ1) is 20.7. The lowest BCUT2D eigenvalue weighted by Gasteiger charge is -2.35. The molecule has 2 N–H and O–H groups in total. The van der Waals surface area contributed by atoms with Gasteiger partial charge in [0.2, 0.25) is 0 Å². The number of carbonyl (C=O) groups is 1. The predicted molar refractivity (Wildman–Crippen MR) is 121 cm³/mol. The molecule has 2 aromatic carbocycles. The van der Waals surface area contributed by atoms with Gasteiger partial charge in [-0.2, -0.15) is 0 Å². The molecule has 0 amide bonds. The van der Waals surface area contributed by atoms with E-state index in [-0.39, 0.29) is 18.1 Å². The summed E-state index contributed by atoms with van der Waals surface area (Å²) < 4.78 is 6.10. The van der Waals surface area contributed by atoms with Gasteiger partial charge in [-0.1, -0.05) is 66.9 Å². The van der Waals surface area contributed by atoms with Gasteiger partial charge < -0.3 is 15.2 Å². The number of aliphatic hydroxyl groups is 1. The van der Waals surface area contributed by atoms with Crippen LogP contribution in [0.1, 0.15) is 60.8 Å². The summed E-state index contributed by atoms with van der Waals surface area (Å²) >= 11 is 0. The summed E-state index contributed by atoms with van der Waals surface area (Å²) in [6.45, 7) is 3.00. The molecule has 2 saturated carbocycles. The number of esters is 1. The minimum absolute atomic E-state index is 0.0920. The topological polar surface area (TPSA) is 58.6 Å².